The number of allylic oxidation sites excluding steroid dienone is 3. The Kier molecular flexibility index (Phi) is 4.27. The van der Waals surface area contributed by atoms with E-state index in [1.165, 1.54) is 0 Å². The van der Waals surface area contributed by atoms with Crippen LogP contribution in [0.1, 0.15) is 20.8 Å². The molecule has 66 valence electrons. The molecule has 0 aliphatic rings. The van der Waals surface area contributed by atoms with Gasteiger partial charge in [-0.2, -0.15) is 0 Å². The molecule has 0 amide bonds. The van der Waals surface area contributed by atoms with Crippen molar-refractivity contribution < 1.29 is 0 Å². The molecule has 0 spiro atoms. The Bertz CT molecular complexity index is 219. The molecular weight excluding hydrogens is 146 g/mol. The van der Waals surface area contributed by atoms with Gasteiger partial charge in [-0.1, -0.05) is 37.0 Å². The lowest BCUT2D eigenvalue weighted by Crippen LogP contribution is -2.12. The number of aliphatic imine (C=N–C) groups is 1. The van der Waals surface area contributed by atoms with Crippen LogP contribution >= 0.6 is 0 Å². The van der Waals surface area contributed by atoms with Gasteiger partial charge in [-0.15, -0.1) is 0 Å². The third kappa shape index (κ3) is 4.67. The molecule has 0 N–H and O–H groups in total. The van der Waals surface area contributed by atoms with Crippen LogP contribution in [0.5, 0.6) is 0 Å². The van der Waals surface area contributed by atoms with E-state index in [2.05, 4.69) is 24.2 Å². The zero-order chi connectivity index (χ0) is 9.61. The van der Waals surface area contributed by atoms with Crippen LogP contribution in [0.2, 0.25) is 0 Å². The highest BCUT2D eigenvalue weighted by atomic mass is 14.8. The summed E-state index contributed by atoms with van der Waals surface area (Å²) in [4.78, 5) is 4.30. The zero-order valence-corrected chi connectivity index (χ0v) is 8.17. The second kappa shape index (κ2) is 4.70. The van der Waals surface area contributed by atoms with Crippen LogP contribution in [0.15, 0.2) is 42.0 Å². The Labute approximate surface area is 75.2 Å². The monoisotopic (exact) mass is 163 g/mol. The number of rotatable bonds is 4. The van der Waals surface area contributed by atoms with Crippen molar-refractivity contribution in [2.45, 2.75) is 26.3 Å². The number of hydrogen-bond donors (Lipinski definition) is 0. The standard InChI is InChI=1S/C11H17N/c1-6-8-12-11(4,5)9-10(3)7-2/h6-9H,1-2H2,3-5H3/b10-9+,12-8-. The summed E-state index contributed by atoms with van der Waals surface area (Å²) >= 11 is 0. The summed E-state index contributed by atoms with van der Waals surface area (Å²) in [6.07, 6.45) is 7.29. The van der Waals surface area contributed by atoms with E-state index in [1.54, 1.807) is 12.3 Å². The van der Waals surface area contributed by atoms with Crippen LogP contribution in [0.25, 0.3) is 0 Å². The predicted molar refractivity (Wildman–Crippen MR) is 56.7 cm³/mol. The van der Waals surface area contributed by atoms with Crippen molar-refractivity contribution >= 4 is 6.21 Å². The van der Waals surface area contributed by atoms with Crippen molar-refractivity contribution in [1.82, 2.24) is 0 Å². The van der Waals surface area contributed by atoms with Gasteiger partial charge in [0.1, 0.15) is 0 Å². The summed E-state index contributed by atoms with van der Waals surface area (Å²) in [5.41, 5.74) is 0.980. The highest BCUT2D eigenvalue weighted by molar-refractivity contribution is 5.70. The van der Waals surface area contributed by atoms with Gasteiger partial charge in [-0.3, -0.25) is 4.99 Å². The fourth-order valence-electron chi connectivity index (χ4n) is 0.898. The number of hydrogen-bond acceptors (Lipinski definition) is 1. The van der Waals surface area contributed by atoms with E-state index < -0.39 is 0 Å². The summed E-state index contributed by atoms with van der Waals surface area (Å²) in [5, 5.41) is 0. The van der Waals surface area contributed by atoms with Crippen LogP contribution in [0.4, 0.5) is 0 Å². The minimum absolute atomic E-state index is 0.160. The highest BCUT2D eigenvalue weighted by Crippen LogP contribution is 2.13. The van der Waals surface area contributed by atoms with Crippen LogP contribution in [0.3, 0.4) is 0 Å². The first-order chi connectivity index (χ1) is 5.52. The second-order valence-electron chi connectivity index (χ2n) is 3.26. The van der Waals surface area contributed by atoms with Crippen molar-refractivity contribution in [2.75, 3.05) is 0 Å². The van der Waals surface area contributed by atoms with Gasteiger partial charge in [-0.05, 0) is 20.8 Å². The molecule has 0 bridgehead atoms. The molecule has 0 aliphatic carbocycles. The van der Waals surface area contributed by atoms with Crippen molar-refractivity contribution in [3.63, 3.8) is 0 Å². The Morgan fingerprint density at radius 2 is 1.92 bits per heavy atom. The van der Waals surface area contributed by atoms with Gasteiger partial charge < -0.3 is 0 Å². The minimum atomic E-state index is -0.160. The van der Waals surface area contributed by atoms with Gasteiger partial charge in [-0.25, -0.2) is 0 Å². The van der Waals surface area contributed by atoms with Gasteiger partial charge in [0, 0.05) is 6.21 Å². The topological polar surface area (TPSA) is 12.4 Å². The first-order valence-electron chi connectivity index (χ1n) is 4.00. The third-order valence-corrected chi connectivity index (χ3v) is 1.42. The Morgan fingerprint density at radius 1 is 1.33 bits per heavy atom. The summed E-state index contributed by atoms with van der Waals surface area (Å²) in [7, 11) is 0. The maximum absolute atomic E-state index is 4.30. The smallest absolute Gasteiger partial charge is 0.0737 e. The minimum Gasteiger partial charge on any atom is -0.283 e. The van der Waals surface area contributed by atoms with Crippen molar-refractivity contribution in [3.05, 3.63) is 37.0 Å². The van der Waals surface area contributed by atoms with Crippen LogP contribution in [0, 0.1) is 0 Å². The second-order valence-corrected chi connectivity index (χ2v) is 3.26. The van der Waals surface area contributed by atoms with Crippen LogP contribution in [-0.2, 0) is 0 Å². The lowest BCUT2D eigenvalue weighted by molar-refractivity contribution is 0.658. The number of nitrogens with zero attached hydrogens (tertiary/aromatic N) is 1. The first-order valence-corrected chi connectivity index (χ1v) is 4.00. The summed E-state index contributed by atoms with van der Waals surface area (Å²) < 4.78 is 0. The fourth-order valence-corrected chi connectivity index (χ4v) is 0.898. The lowest BCUT2D eigenvalue weighted by Gasteiger charge is -2.14. The summed E-state index contributed by atoms with van der Waals surface area (Å²) in [6, 6.07) is 0. The maximum Gasteiger partial charge on any atom is 0.0737 e. The molecule has 0 saturated heterocycles. The van der Waals surface area contributed by atoms with Gasteiger partial charge in [0.2, 0.25) is 0 Å². The van der Waals surface area contributed by atoms with Crippen LogP contribution < -0.4 is 0 Å². The maximum atomic E-state index is 4.30. The van der Waals surface area contributed by atoms with E-state index >= 15 is 0 Å². The molecule has 0 unspecified atom stereocenters. The molecule has 0 radical (unpaired) electrons. The van der Waals surface area contributed by atoms with Gasteiger partial charge in [0.15, 0.2) is 0 Å². The molecule has 0 aromatic heterocycles. The molecule has 0 aromatic carbocycles. The SMILES string of the molecule is C=C/C=N\C(C)(C)/C=C(\C)C=C. The lowest BCUT2D eigenvalue weighted by atomic mass is 10.0. The average Bonchev–Trinajstić information content (AvgIpc) is 2.00. The average molecular weight is 163 g/mol. The highest BCUT2D eigenvalue weighted by Gasteiger charge is 2.09. The van der Waals surface area contributed by atoms with E-state index in [0.29, 0.717) is 0 Å². The van der Waals surface area contributed by atoms with E-state index in [0.717, 1.165) is 5.57 Å². The van der Waals surface area contributed by atoms with Crippen molar-refractivity contribution in [1.29, 1.82) is 0 Å². The summed E-state index contributed by atoms with van der Waals surface area (Å²) in [5.74, 6) is 0. The molecule has 1 heteroatoms. The van der Waals surface area contributed by atoms with Gasteiger partial charge in [0.25, 0.3) is 0 Å². The summed E-state index contributed by atoms with van der Waals surface area (Å²) in [6.45, 7) is 13.4. The molecule has 12 heavy (non-hydrogen) atoms. The Morgan fingerprint density at radius 3 is 2.33 bits per heavy atom. The first kappa shape index (κ1) is 10.9. The van der Waals surface area contributed by atoms with E-state index in [9.17, 15) is 0 Å². The molecule has 0 heterocycles. The van der Waals surface area contributed by atoms with Crippen molar-refractivity contribution in [3.8, 4) is 0 Å². The molecule has 0 fully saturated rings. The molecule has 0 saturated carbocycles. The quantitative estimate of drug-likeness (QED) is 0.446. The van der Waals surface area contributed by atoms with E-state index in [4.69, 9.17) is 0 Å². The molecule has 0 aromatic rings. The molecule has 0 aliphatic heterocycles. The molecule has 0 rings (SSSR count). The molecule has 1 nitrogen and oxygen atoms in total. The third-order valence-electron chi connectivity index (χ3n) is 1.42. The largest absolute Gasteiger partial charge is 0.283 e. The fraction of sp³-hybridized carbons (Fsp3) is 0.364. The van der Waals surface area contributed by atoms with Gasteiger partial charge in [0.05, 0.1) is 5.54 Å². The Hall–Kier alpha value is -1.11. The zero-order valence-electron chi connectivity index (χ0n) is 8.17. The van der Waals surface area contributed by atoms with Crippen LogP contribution in [-0.4, -0.2) is 11.8 Å². The molecular formula is C11H17N. The van der Waals surface area contributed by atoms with E-state index in [1.807, 2.05) is 26.8 Å². The predicted octanol–water partition coefficient (Wildman–Crippen LogP) is 3.15. The van der Waals surface area contributed by atoms with Crippen molar-refractivity contribution in [2.24, 2.45) is 4.99 Å². The molecule has 0 atom stereocenters. The van der Waals surface area contributed by atoms with E-state index in [-0.39, 0.29) is 5.54 Å². The normalized spacial score (nSPS) is 13.4. The Balaban J connectivity index is 4.50. The van der Waals surface area contributed by atoms with Gasteiger partial charge >= 0.3 is 0 Å².